The van der Waals surface area contributed by atoms with Crippen molar-refractivity contribution in [3.8, 4) is 0 Å². The second-order valence-electron chi connectivity index (χ2n) is 3.98. The Labute approximate surface area is 87.0 Å². The molecule has 0 nitrogen and oxygen atoms in total. The molecule has 0 heterocycles. The Morgan fingerprint density at radius 2 is 2.00 bits per heavy atom. The molecule has 0 bridgehead atoms. The van der Waals surface area contributed by atoms with E-state index in [2.05, 4.69) is 45.2 Å². The second-order valence-corrected chi connectivity index (χ2v) is 3.98. The van der Waals surface area contributed by atoms with E-state index in [4.69, 9.17) is 0 Å². The normalized spacial score (nSPS) is 10.3. The molecule has 0 aliphatic carbocycles. The van der Waals surface area contributed by atoms with Gasteiger partial charge in [-0.25, -0.2) is 0 Å². The van der Waals surface area contributed by atoms with Crippen molar-refractivity contribution in [3.05, 3.63) is 48.0 Å². The van der Waals surface area contributed by atoms with Crippen LogP contribution in [0.4, 0.5) is 0 Å². The highest BCUT2D eigenvalue weighted by molar-refractivity contribution is 5.65. The first-order chi connectivity index (χ1) is 6.56. The Balaban J connectivity index is 3.27. The number of hydrogen-bond acceptors (Lipinski definition) is 0. The quantitative estimate of drug-likeness (QED) is 0.652. The third-order valence-corrected chi connectivity index (χ3v) is 2.42. The highest BCUT2D eigenvalue weighted by Crippen LogP contribution is 2.24. The fourth-order valence-electron chi connectivity index (χ4n) is 1.53. The van der Waals surface area contributed by atoms with Crippen LogP contribution in [-0.2, 0) is 0 Å². The van der Waals surface area contributed by atoms with Gasteiger partial charge in [0.1, 0.15) is 0 Å². The van der Waals surface area contributed by atoms with Crippen LogP contribution < -0.4 is 0 Å². The fourth-order valence-corrected chi connectivity index (χ4v) is 1.53. The molecule has 0 aromatic heterocycles. The van der Waals surface area contributed by atoms with Gasteiger partial charge >= 0.3 is 0 Å². The molecule has 0 N–H and O–H groups in total. The van der Waals surface area contributed by atoms with Gasteiger partial charge in [-0.15, -0.1) is 0 Å². The van der Waals surface area contributed by atoms with E-state index in [0.29, 0.717) is 5.92 Å². The molecule has 74 valence electrons. The van der Waals surface area contributed by atoms with Crippen LogP contribution in [0.5, 0.6) is 0 Å². The van der Waals surface area contributed by atoms with Crippen LogP contribution in [0.15, 0.2) is 31.4 Å². The molecule has 0 amide bonds. The molecular weight excluding hydrogens is 168 g/mol. The topological polar surface area (TPSA) is 0 Å². The molecule has 0 saturated carbocycles. The Kier molecular flexibility index (Phi) is 3.29. The summed E-state index contributed by atoms with van der Waals surface area (Å²) in [5.74, 6) is 0.530. The van der Waals surface area contributed by atoms with Gasteiger partial charge < -0.3 is 0 Å². The van der Waals surface area contributed by atoms with Gasteiger partial charge in [-0.05, 0) is 29.5 Å². The van der Waals surface area contributed by atoms with Gasteiger partial charge in [0.25, 0.3) is 0 Å². The van der Waals surface area contributed by atoms with Gasteiger partial charge in [-0.1, -0.05) is 56.9 Å². The van der Waals surface area contributed by atoms with Gasteiger partial charge in [0.2, 0.25) is 0 Å². The fraction of sp³-hybridized carbons (Fsp3) is 0.286. The molecule has 0 unspecified atom stereocenters. The summed E-state index contributed by atoms with van der Waals surface area (Å²) >= 11 is 0. The summed E-state index contributed by atoms with van der Waals surface area (Å²) in [5.41, 5.74) is 4.91. The second kappa shape index (κ2) is 4.28. The molecule has 0 saturated heterocycles. The Morgan fingerprint density at radius 1 is 1.36 bits per heavy atom. The smallest absolute Gasteiger partial charge is 0.0213 e. The summed E-state index contributed by atoms with van der Waals surface area (Å²) in [5, 5.41) is 0. The maximum absolute atomic E-state index is 3.96. The predicted molar refractivity (Wildman–Crippen MR) is 65.3 cm³/mol. The van der Waals surface area contributed by atoms with Gasteiger partial charge in [-0.3, -0.25) is 0 Å². The van der Waals surface area contributed by atoms with Crippen LogP contribution in [0, 0.1) is 0 Å². The molecule has 0 fully saturated rings. The van der Waals surface area contributed by atoms with Crippen molar-refractivity contribution in [2.45, 2.75) is 26.7 Å². The van der Waals surface area contributed by atoms with Crippen LogP contribution in [0.3, 0.4) is 0 Å². The SMILES string of the molecule is C=Cc1ccc(C(=C)C)cc1C(C)C. The minimum absolute atomic E-state index is 0.530. The van der Waals surface area contributed by atoms with Gasteiger partial charge in [0, 0.05) is 0 Å². The number of hydrogen-bond donors (Lipinski definition) is 0. The zero-order valence-electron chi connectivity index (χ0n) is 9.30. The molecular formula is C14H18. The van der Waals surface area contributed by atoms with Crippen molar-refractivity contribution in [3.63, 3.8) is 0 Å². The lowest BCUT2D eigenvalue weighted by molar-refractivity contribution is 0.863. The molecule has 0 heteroatoms. The monoisotopic (exact) mass is 186 g/mol. The predicted octanol–water partition coefficient (Wildman–Crippen LogP) is 4.49. The van der Waals surface area contributed by atoms with Crippen molar-refractivity contribution in [1.29, 1.82) is 0 Å². The highest BCUT2D eigenvalue weighted by Gasteiger charge is 2.05. The number of allylic oxidation sites excluding steroid dienone is 1. The standard InChI is InChI=1S/C14H18/c1-6-12-7-8-13(10(2)3)9-14(12)11(4)5/h6-9,11H,1-2H2,3-5H3. The average Bonchev–Trinajstić information content (AvgIpc) is 2.16. The first-order valence-electron chi connectivity index (χ1n) is 4.98. The van der Waals surface area contributed by atoms with Crippen molar-refractivity contribution < 1.29 is 0 Å². The van der Waals surface area contributed by atoms with Crippen LogP contribution in [0.2, 0.25) is 0 Å². The molecule has 0 spiro atoms. The van der Waals surface area contributed by atoms with Crippen molar-refractivity contribution in [2.24, 2.45) is 0 Å². The third kappa shape index (κ3) is 2.14. The molecule has 0 aliphatic rings. The van der Waals surface area contributed by atoms with E-state index in [-0.39, 0.29) is 0 Å². The van der Waals surface area contributed by atoms with Gasteiger partial charge in [0.15, 0.2) is 0 Å². The summed E-state index contributed by atoms with van der Waals surface area (Å²) in [6, 6.07) is 6.43. The van der Waals surface area contributed by atoms with Crippen LogP contribution in [0.1, 0.15) is 43.4 Å². The van der Waals surface area contributed by atoms with E-state index in [9.17, 15) is 0 Å². The van der Waals surface area contributed by atoms with Crippen LogP contribution >= 0.6 is 0 Å². The van der Waals surface area contributed by atoms with E-state index < -0.39 is 0 Å². The molecule has 1 aromatic carbocycles. The molecule has 0 atom stereocenters. The van der Waals surface area contributed by atoms with Gasteiger partial charge in [-0.2, -0.15) is 0 Å². The third-order valence-electron chi connectivity index (χ3n) is 2.42. The average molecular weight is 186 g/mol. The molecule has 1 rings (SSSR count). The van der Waals surface area contributed by atoms with Crippen molar-refractivity contribution >= 4 is 11.6 Å². The van der Waals surface area contributed by atoms with Gasteiger partial charge in [0.05, 0.1) is 0 Å². The lowest BCUT2D eigenvalue weighted by Crippen LogP contribution is -1.93. The van der Waals surface area contributed by atoms with E-state index >= 15 is 0 Å². The zero-order valence-corrected chi connectivity index (χ0v) is 9.30. The lowest BCUT2D eigenvalue weighted by Gasteiger charge is -2.12. The zero-order chi connectivity index (χ0) is 10.7. The summed E-state index contributed by atoms with van der Waals surface area (Å²) in [7, 11) is 0. The molecule has 14 heavy (non-hydrogen) atoms. The summed E-state index contributed by atoms with van der Waals surface area (Å²) in [6.45, 7) is 14.2. The lowest BCUT2D eigenvalue weighted by atomic mass is 9.93. The highest BCUT2D eigenvalue weighted by atomic mass is 14.1. The molecule has 0 radical (unpaired) electrons. The molecule has 0 aliphatic heterocycles. The van der Waals surface area contributed by atoms with Crippen molar-refractivity contribution in [1.82, 2.24) is 0 Å². The number of rotatable bonds is 3. The minimum Gasteiger partial charge on any atom is -0.0985 e. The summed E-state index contributed by atoms with van der Waals surface area (Å²) in [4.78, 5) is 0. The Bertz CT molecular complexity index is 356. The minimum atomic E-state index is 0.530. The molecule has 1 aromatic rings. The Hall–Kier alpha value is -1.30. The summed E-state index contributed by atoms with van der Waals surface area (Å²) in [6.07, 6.45) is 1.91. The largest absolute Gasteiger partial charge is 0.0985 e. The van der Waals surface area contributed by atoms with E-state index in [1.807, 2.05) is 13.0 Å². The van der Waals surface area contributed by atoms with Crippen LogP contribution in [-0.4, -0.2) is 0 Å². The van der Waals surface area contributed by atoms with Crippen LogP contribution in [0.25, 0.3) is 11.6 Å². The summed E-state index contributed by atoms with van der Waals surface area (Å²) < 4.78 is 0. The van der Waals surface area contributed by atoms with Crippen molar-refractivity contribution in [2.75, 3.05) is 0 Å². The number of benzene rings is 1. The Morgan fingerprint density at radius 3 is 2.43 bits per heavy atom. The first-order valence-corrected chi connectivity index (χ1v) is 4.98. The van der Waals surface area contributed by atoms with E-state index in [0.717, 1.165) is 5.57 Å². The maximum atomic E-state index is 3.96. The maximum Gasteiger partial charge on any atom is -0.0213 e. The van der Waals surface area contributed by atoms with E-state index in [1.54, 1.807) is 0 Å². The first kappa shape index (κ1) is 10.8. The van der Waals surface area contributed by atoms with E-state index in [1.165, 1.54) is 16.7 Å².